The monoisotopic (exact) mass is 325 g/mol. The van der Waals surface area contributed by atoms with E-state index in [0.29, 0.717) is 5.88 Å². The number of methoxy groups -OCH3 is 1. The first-order valence-corrected chi connectivity index (χ1v) is 8.25. The third-order valence-corrected chi connectivity index (χ3v) is 4.90. The van der Waals surface area contributed by atoms with Crippen LogP contribution in [0.15, 0.2) is 42.6 Å². The average molecular weight is 325 g/mol. The standard InChI is InChI=1S/C19H24BNO3/c1-18(2)19(3,4)24-20(23-18)16-12-15(17(22-5)21-13-16)11-14-9-7-6-8-10-14/h6-10,12-13H,11H2,1-5H3. The van der Waals surface area contributed by atoms with Gasteiger partial charge in [0, 0.05) is 23.6 Å². The Kier molecular flexibility index (Phi) is 4.41. The first-order chi connectivity index (χ1) is 11.3. The number of hydrogen-bond acceptors (Lipinski definition) is 4. The van der Waals surface area contributed by atoms with Gasteiger partial charge in [0.15, 0.2) is 0 Å². The minimum absolute atomic E-state index is 0.364. The molecule has 2 aromatic rings. The summed E-state index contributed by atoms with van der Waals surface area (Å²) in [7, 11) is 1.23. The molecular weight excluding hydrogens is 301 g/mol. The molecule has 0 aliphatic carbocycles. The number of rotatable bonds is 4. The summed E-state index contributed by atoms with van der Waals surface area (Å²) < 4.78 is 17.7. The average Bonchev–Trinajstić information content (AvgIpc) is 2.76. The van der Waals surface area contributed by atoms with Crippen molar-refractivity contribution in [3.05, 3.63) is 53.7 Å². The van der Waals surface area contributed by atoms with E-state index < -0.39 is 7.12 Å². The van der Waals surface area contributed by atoms with Crippen molar-refractivity contribution in [2.75, 3.05) is 7.11 Å². The van der Waals surface area contributed by atoms with Crippen LogP contribution in [0.2, 0.25) is 0 Å². The number of benzene rings is 1. The highest BCUT2D eigenvalue weighted by atomic mass is 16.7. The molecular formula is C19H24BNO3. The van der Waals surface area contributed by atoms with Crippen molar-refractivity contribution in [1.29, 1.82) is 0 Å². The molecule has 5 heteroatoms. The van der Waals surface area contributed by atoms with Crippen LogP contribution in [0.4, 0.5) is 0 Å². The molecule has 0 unspecified atom stereocenters. The largest absolute Gasteiger partial charge is 0.496 e. The van der Waals surface area contributed by atoms with E-state index in [9.17, 15) is 0 Å². The van der Waals surface area contributed by atoms with Crippen molar-refractivity contribution in [3.63, 3.8) is 0 Å². The second-order valence-corrected chi connectivity index (χ2v) is 7.19. The van der Waals surface area contributed by atoms with Crippen molar-refractivity contribution < 1.29 is 14.0 Å². The van der Waals surface area contributed by atoms with Crippen LogP contribution in [0, 0.1) is 0 Å². The summed E-state index contributed by atoms with van der Waals surface area (Å²) >= 11 is 0. The van der Waals surface area contributed by atoms with E-state index in [1.165, 1.54) is 5.56 Å². The zero-order chi connectivity index (χ0) is 17.4. The van der Waals surface area contributed by atoms with Gasteiger partial charge in [0.2, 0.25) is 5.88 Å². The Bertz CT molecular complexity index is 700. The number of ether oxygens (including phenoxy) is 1. The van der Waals surface area contributed by atoms with Gasteiger partial charge in [-0.1, -0.05) is 36.4 Å². The zero-order valence-corrected chi connectivity index (χ0v) is 15.0. The molecule has 0 saturated carbocycles. The van der Waals surface area contributed by atoms with Gasteiger partial charge in [-0.15, -0.1) is 0 Å². The van der Waals surface area contributed by atoms with Crippen molar-refractivity contribution >= 4 is 12.6 Å². The van der Waals surface area contributed by atoms with Gasteiger partial charge in [-0.05, 0) is 33.3 Å². The Balaban J connectivity index is 1.90. The second kappa shape index (κ2) is 6.23. The van der Waals surface area contributed by atoms with Crippen LogP contribution in [0.1, 0.15) is 38.8 Å². The van der Waals surface area contributed by atoms with Crippen molar-refractivity contribution in [3.8, 4) is 5.88 Å². The maximum absolute atomic E-state index is 6.13. The van der Waals surface area contributed by atoms with Crippen molar-refractivity contribution in [1.82, 2.24) is 4.98 Å². The molecule has 0 atom stereocenters. The summed E-state index contributed by atoms with van der Waals surface area (Å²) in [6, 6.07) is 12.4. The summed E-state index contributed by atoms with van der Waals surface area (Å²) in [4.78, 5) is 4.45. The quantitative estimate of drug-likeness (QED) is 0.811. The van der Waals surface area contributed by atoms with Crippen LogP contribution >= 0.6 is 0 Å². The summed E-state index contributed by atoms with van der Waals surface area (Å²) in [6.45, 7) is 8.20. The predicted molar refractivity (Wildman–Crippen MR) is 95.8 cm³/mol. The maximum Gasteiger partial charge on any atom is 0.496 e. The van der Waals surface area contributed by atoms with Crippen LogP contribution in [-0.4, -0.2) is 30.4 Å². The zero-order valence-electron chi connectivity index (χ0n) is 15.0. The first-order valence-electron chi connectivity index (χ1n) is 8.25. The minimum atomic E-state index is -0.414. The van der Waals surface area contributed by atoms with Gasteiger partial charge in [0.25, 0.3) is 0 Å². The van der Waals surface area contributed by atoms with Crippen LogP contribution in [0.3, 0.4) is 0 Å². The molecule has 0 amide bonds. The summed E-state index contributed by atoms with van der Waals surface area (Å²) in [5.41, 5.74) is 2.42. The normalized spacial score (nSPS) is 18.6. The Morgan fingerprint density at radius 3 is 2.25 bits per heavy atom. The van der Waals surface area contributed by atoms with E-state index in [0.717, 1.165) is 17.4 Å². The number of pyridine rings is 1. The molecule has 0 bridgehead atoms. The van der Waals surface area contributed by atoms with Gasteiger partial charge in [0.05, 0.1) is 18.3 Å². The van der Waals surface area contributed by atoms with Gasteiger partial charge < -0.3 is 14.0 Å². The molecule has 1 saturated heterocycles. The van der Waals surface area contributed by atoms with E-state index in [1.54, 1.807) is 13.3 Å². The molecule has 1 aliphatic heterocycles. The molecule has 0 spiro atoms. The highest BCUT2D eigenvalue weighted by molar-refractivity contribution is 6.62. The smallest absolute Gasteiger partial charge is 0.481 e. The molecule has 1 aromatic heterocycles. The molecule has 3 rings (SSSR count). The lowest BCUT2D eigenvalue weighted by atomic mass is 9.79. The van der Waals surface area contributed by atoms with Gasteiger partial charge >= 0.3 is 7.12 Å². The molecule has 4 nitrogen and oxygen atoms in total. The second-order valence-electron chi connectivity index (χ2n) is 7.19. The lowest BCUT2D eigenvalue weighted by Crippen LogP contribution is -2.41. The lowest BCUT2D eigenvalue weighted by molar-refractivity contribution is 0.00578. The maximum atomic E-state index is 6.13. The molecule has 0 radical (unpaired) electrons. The van der Waals surface area contributed by atoms with Crippen LogP contribution < -0.4 is 10.2 Å². The van der Waals surface area contributed by atoms with Crippen LogP contribution in [0.25, 0.3) is 0 Å². The van der Waals surface area contributed by atoms with Crippen molar-refractivity contribution in [2.24, 2.45) is 0 Å². The number of nitrogens with zero attached hydrogens (tertiary/aromatic N) is 1. The molecule has 1 fully saturated rings. The van der Waals surface area contributed by atoms with E-state index >= 15 is 0 Å². The van der Waals surface area contributed by atoms with E-state index in [1.807, 2.05) is 18.2 Å². The molecule has 24 heavy (non-hydrogen) atoms. The molecule has 2 heterocycles. The van der Waals surface area contributed by atoms with E-state index in [2.05, 4.69) is 50.9 Å². The third-order valence-electron chi connectivity index (χ3n) is 4.90. The van der Waals surface area contributed by atoms with Crippen LogP contribution in [-0.2, 0) is 15.7 Å². The molecule has 1 aromatic carbocycles. The first kappa shape index (κ1) is 17.0. The van der Waals surface area contributed by atoms with Gasteiger partial charge in [-0.25, -0.2) is 4.98 Å². The van der Waals surface area contributed by atoms with Gasteiger partial charge in [-0.3, -0.25) is 0 Å². The van der Waals surface area contributed by atoms with E-state index in [4.69, 9.17) is 14.0 Å². The predicted octanol–water partition coefficient (Wildman–Crippen LogP) is 2.98. The fraction of sp³-hybridized carbons (Fsp3) is 0.421. The third kappa shape index (κ3) is 3.19. The Morgan fingerprint density at radius 2 is 1.67 bits per heavy atom. The number of aromatic nitrogens is 1. The topological polar surface area (TPSA) is 40.6 Å². The Labute approximate surface area is 144 Å². The van der Waals surface area contributed by atoms with Gasteiger partial charge in [0.1, 0.15) is 0 Å². The minimum Gasteiger partial charge on any atom is -0.481 e. The Morgan fingerprint density at radius 1 is 1.04 bits per heavy atom. The SMILES string of the molecule is COc1ncc(B2OC(C)(C)C(C)(C)O2)cc1Cc1ccccc1. The Hall–Kier alpha value is -1.85. The fourth-order valence-electron chi connectivity index (χ4n) is 2.75. The van der Waals surface area contributed by atoms with Crippen LogP contribution in [0.5, 0.6) is 5.88 Å². The highest BCUT2D eigenvalue weighted by Gasteiger charge is 2.51. The number of hydrogen-bond donors (Lipinski definition) is 0. The fourth-order valence-corrected chi connectivity index (χ4v) is 2.75. The summed E-state index contributed by atoms with van der Waals surface area (Å²) in [6.07, 6.45) is 2.53. The summed E-state index contributed by atoms with van der Waals surface area (Å²) in [5, 5.41) is 0. The molecule has 1 aliphatic rings. The highest BCUT2D eigenvalue weighted by Crippen LogP contribution is 2.36. The molecule has 0 N–H and O–H groups in total. The van der Waals surface area contributed by atoms with Gasteiger partial charge in [-0.2, -0.15) is 0 Å². The van der Waals surface area contributed by atoms with E-state index in [-0.39, 0.29) is 11.2 Å². The lowest BCUT2D eigenvalue weighted by Gasteiger charge is -2.32. The van der Waals surface area contributed by atoms with Crippen molar-refractivity contribution in [2.45, 2.75) is 45.3 Å². The summed E-state index contributed by atoms with van der Waals surface area (Å²) in [5.74, 6) is 0.638. The molecule has 126 valence electrons.